The zero-order chi connectivity index (χ0) is 6.53. The highest BCUT2D eigenvalue weighted by Gasteiger charge is 1.82. The van der Waals surface area contributed by atoms with E-state index in [0.717, 1.165) is 5.57 Å². The first-order chi connectivity index (χ1) is 4.43. The SMILES string of the molecule is Cl/C=C1\C#CC=CC=C1. The van der Waals surface area contributed by atoms with Crippen molar-refractivity contribution in [3.8, 4) is 11.8 Å². The van der Waals surface area contributed by atoms with Crippen molar-refractivity contribution in [1.82, 2.24) is 0 Å². The summed E-state index contributed by atoms with van der Waals surface area (Å²) in [6.45, 7) is 0. The van der Waals surface area contributed by atoms with Crippen molar-refractivity contribution < 1.29 is 0 Å². The Kier molecular flexibility index (Phi) is 2.18. The van der Waals surface area contributed by atoms with Crippen molar-refractivity contribution in [3.05, 3.63) is 35.4 Å². The minimum Gasteiger partial charge on any atom is -0.0916 e. The number of rotatable bonds is 0. The lowest BCUT2D eigenvalue weighted by Gasteiger charge is -1.79. The van der Waals surface area contributed by atoms with Gasteiger partial charge in [-0.05, 0) is 12.2 Å². The molecule has 0 amide bonds. The molecule has 44 valence electrons. The molecule has 0 unspecified atom stereocenters. The fraction of sp³-hybridized carbons (Fsp3) is 0. The van der Waals surface area contributed by atoms with E-state index in [1.54, 1.807) is 6.08 Å². The van der Waals surface area contributed by atoms with Crippen molar-refractivity contribution in [2.24, 2.45) is 0 Å². The van der Waals surface area contributed by atoms with Crippen molar-refractivity contribution in [2.75, 3.05) is 0 Å². The smallest absolute Gasteiger partial charge is 0.0361 e. The molecular weight excluding hydrogens is 132 g/mol. The van der Waals surface area contributed by atoms with Crippen LogP contribution in [0.5, 0.6) is 0 Å². The molecule has 0 radical (unpaired) electrons. The van der Waals surface area contributed by atoms with Gasteiger partial charge in [0.2, 0.25) is 0 Å². The standard InChI is InChI=1S/C8H5Cl/c9-7-8-5-3-1-2-4-6-8/h1-3,5,7H/b8-7-. The predicted molar refractivity (Wildman–Crippen MR) is 40.0 cm³/mol. The zero-order valence-electron chi connectivity index (χ0n) is 4.76. The first-order valence-corrected chi connectivity index (χ1v) is 3.02. The van der Waals surface area contributed by atoms with Crippen LogP contribution in [0, 0.1) is 11.8 Å². The second-order valence-corrected chi connectivity index (χ2v) is 1.77. The summed E-state index contributed by atoms with van der Waals surface area (Å²) in [5.74, 6) is 5.64. The lowest BCUT2D eigenvalue weighted by atomic mass is 10.3. The Hall–Kier alpha value is -0.930. The zero-order valence-corrected chi connectivity index (χ0v) is 5.52. The minimum absolute atomic E-state index is 0.849. The molecule has 0 aromatic carbocycles. The molecule has 0 nitrogen and oxygen atoms in total. The Morgan fingerprint density at radius 3 is 3.11 bits per heavy atom. The first kappa shape index (κ1) is 6.19. The largest absolute Gasteiger partial charge is 0.0916 e. The monoisotopic (exact) mass is 136 g/mol. The van der Waals surface area contributed by atoms with Crippen molar-refractivity contribution >= 4 is 11.6 Å². The summed E-state index contributed by atoms with van der Waals surface area (Å²) in [5, 5.41) is 0. The maximum absolute atomic E-state index is 5.41. The topological polar surface area (TPSA) is 0 Å². The predicted octanol–water partition coefficient (Wildman–Crippen LogP) is 2.24. The average Bonchev–Trinajstić information content (AvgIpc) is 2.13. The van der Waals surface area contributed by atoms with Crippen LogP contribution in [0.4, 0.5) is 0 Å². The van der Waals surface area contributed by atoms with Gasteiger partial charge in [-0.15, -0.1) is 0 Å². The highest BCUT2D eigenvalue weighted by atomic mass is 35.5. The Morgan fingerprint density at radius 1 is 1.44 bits per heavy atom. The lowest BCUT2D eigenvalue weighted by molar-refractivity contribution is 1.82. The van der Waals surface area contributed by atoms with Gasteiger partial charge >= 0.3 is 0 Å². The summed E-state index contributed by atoms with van der Waals surface area (Å²) in [6, 6.07) is 0. The van der Waals surface area contributed by atoms with Gasteiger partial charge in [0, 0.05) is 11.1 Å². The van der Waals surface area contributed by atoms with Gasteiger partial charge in [-0.3, -0.25) is 0 Å². The molecule has 0 bridgehead atoms. The maximum atomic E-state index is 5.41. The van der Waals surface area contributed by atoms with Gasteiger partial charge in [-0.1, -0.05) is 35.6 Å². The van der Waals surface area contributed by atoms with E-state index in [9.17, 15) is 0 Å². The van der Waals surface area contributed by atoms with Crippen molar-refractivity contribution in [1.29, 1.82) is 0 Å². The molecule has 1 heteroatoms. The fourth-order valence-electron chi connectivity index (χ4n) is 0.493. The van der Waals surface area contributed by atoms with Crippen molar-refractivity contribution in [3.63, 3.8) is 0 Å². The van der Waals surface area contributed by atoms with E-state index >= 15 is 0 Å². The Morgan fingerprint density at radius 2 is 2.33 bits per heavy atom. The molecule has 0 aromatic heterocycles. The molecule has 0 spiro atoms. The van der Waals surface area contributed by atoms with Crippen LogP contribution in [-0.4, -0.2) is 0 Å². The second kappa shape index (κ2) is 3.17. The molecule has 1 rings (SSSR count). The minimum atomic E-state index is 0.849. The van der Waals surface area contributed by atoms with Crippen LogP contribution in [0.3, 0.4) is 0 Å². The Labute approximate surface area is 59.5 Å². The highest BCUT2D eigenvalue weighted by Crippen LogP contribution is 1.99. The molecular formula is C8H5Cl. The van der Waals surface area contributed by atoms with E-state index in [2.05, 4.69) is 11.8 Å². The summed E-state index contributed by atoms with van der Waals surface area (Å²) >= 11 is 5.41. The van der Waals surface area contributed by atoms with Crippen LogP contribution >= 0.6 is 11.6 Å². The van der Waals surface area contributed by atoms with E-state index < -0.39 is 0 Å². The van der Waals surface area contributed by atoms with Gasteiger partial charge in [0.1, 0.15) is 0 Å². The van der Waals surface area contributed by atoms with Crippen LogP contribution in [0.1, 0.15) is 0 Å². The van der Waals surface area contributed by atoms with Crippen LogP contribution in [0.2, 0.25) is 0 Å². The molecule has 0 N–H and O–H groups in total. The average molecular weight is 137 g/mol. The number of hydrogen-bond acceptors (Lipinski definition) is 0. The summed E-state index contributed by atoms with van der Waals surface area (Å²) in [7, 11) is 0. The van der Waals surface area contributed by atoms with Gasteiger partial charge in [-0.2, -0.15) is 0 Å². The molecule has 9 heavy (non-hydrogen) atoms. The van der Waals surface area contributed by atoms with Gasteiger partial charge in [0.25, 0.3) is 0 Å². The first-order valence-electron chi connectivity index (χ1n) is 2.58. The summed E-state index contributed by atoms with van der Waals surface area (Å²) in [4.78, 5) is 0. The van der Waals surface area contributed by atoms with E-state index in [4.69, 9.17) is 11.6 Å². The third-order valence-electron chi connectivity index (χ3n) is 0.901. The second-order valence-electron chi connectivity index (χ2n) is 1.55. The molecule has 0 atom stereocenters. The molecule has 0 aliphatic heterocycles. The molecule has 0 heterocycles. The molecule has 0 aromatic rings. The third kappa shape index (κ3) is 1.79. The van der Waals surface area contributed by atoms with Gasteiger partial charge < -0.3 is 0 Å². The molecule has 0 saturated carbocycles. The van der Waals surface area contributed by atoms with Crippen LogP contribution in [0.15, 0.2) is 35.4 Å². The van der Waals surface area contributed by atoms with Crippen LogP contribution in [-0.2, 0) is 0 Å². The van der Waals surface area contributed by atoms with Gasteiger partial charge in [-0.25, -0.2) is 0 Å². The van der Waals surface area contributed by atoms with Crippen LogP contribution < -0.4 is 0 Å². The third-order valence-corrected chi connectivity index (χ3v) is 1.14. The Bertz CT molecular complexity index is 233. The van der Waals surface area contributed by atoms with Gasteiger partial charge in [0.05, 0.1) is 0 Å². The van der Waals surface area contributed by atoms with E-state index in [-0.39, 0.29) is 0 Å². The van der Waals surface area contributed by atoms with Crippen LogP contribution in [0.25, 0.3) is 0 Å². The summed E-state index contributed by atoms with van der Waals surface area (Å²) in [6.07, 6.45) is 7.41. The lowest BCUT2D eigenvalue weighted by Crippen LogP contribution is -1.64. The fourth-order valence-corrected chi connectivity index (χ4v) is 0.620. The van der Waals surface area contributed by atoms with Gasteiger partial charge in [0.15, 0.2) is 0 Å². The molecule has 0 fully saturated rings. The Balaban J connectivity index is 2.89. The number of allylic oxidation sites excluding steroid dienone is 5. The van der Waals surface area contributed by atoms with E-state index in [0.29, 0.717) is 0 Å². The van der Waals surface area contributed by atoms with Crippen molar-refractivity contribution in [2.45, 2.75) is 0 Å². The quantitative estimate of drug-likeness (QED) is 0.448. The molecule has 1 aliphatic carbocycles. The maximum Gasteiger partial charge on any atom is 0.0361 e. The molecule has 1 aliphatic rings. The molecule has 0 saturated heterocycles. The normalized spacial score (nSPS) is 19.0. The van der Waals surface area contributed by atoms with E-state index in [1.165, 1.54) is 5.54 Å². The highest BCUT2D eigenvalue weighted by molar-refractivity contribution is 6.26. The van der Waals surface area contributed by atoms with E-state index in [1.807, 2.05) is 18.2 Å². The summed E-state index contributed by atoms with van der Waals surface area (Å²) in [5.41, 5.74) is 2.32. The number of halogens is 1. The number of hydrogen-bond donors (Lipinski definition) is 0. The summed E-state index contributed by atoms with van der Waals surface area (Å²) < 4.78 is 0.